The number of carbonyl (C=O) groups excluding carboxylic acids is 1. The number of benzene rings is 2. The maximum atomic E-state index is 13.1. The van der Waals surface area contributed by atoms with Crippen LogP contribution in [0.1, 0.15) is 41.8 Å². The smallest absolute Gasteiger partial charge is 0.279 e. The third-order valence-corrected chi connectivity index (χ3v) is 9.20. The molecule has 1 aliphatic heterocycles. The van der Waals surface area contributed by atoms with Crippen molar-refractivity contribution in [2.45, 2.75) is 39.0 Å². The van der Waals surface area contributed by atoms with Crippen LogP contribution in [-0.2, 0) is 17.1 Å². The van der Waals surface area contributed by atoms with Gasteiger partial charge in [0.25, 0.3) is 5.91 Å². The summed E-state index contributed by atoms with van der Waals surface area (Å²) in [5.74, 6) is 0.288. The third kappa shape index (κ3) is 4.19. The van der Waals surface area contributed by atoms with Crippen molar-refractivity contribution in [3.8, 4) is 0 Å². The van der Waals surface area contributed by atoms with Gasteiger partial charge in [-0.05, 0) is 73.6 Å². The topological polar surface area (TPSA) is 71.7 Å². The zero-order valence-electron chi connectivity index (χ0n) is 19.1. The molecule has 1 aromatic heterocycles. The molecule has 0 bridgehead atoms. The maximum Gasteiger partial charge on any atom is 0.279 e. The van der Waals surface area contributed by atoms with E-state index in [2.05, 4.69) is 38.8 Å². The number of hydrogen-bond acceptors (Lipinski definition) is 4. The Morgan fingerprint density at radius 2 is 1.66 bits per heavy atom. The maximum absolute atomic E-state index is 13.1. The number of thiazole rings is 1. The highest BCUT2D eigenvalue weighted by atomic mass is 32.2. The molecular weight excluding hydrogens is 442 g/mol. The van der Waals surface area contributed by atoms with Gasteiger partial charge in [0, 0.05) is 25.7 Å². The lowest BCUT2D eigenvalue weighted by Crippen LogP contribution is -2.42. The number of amides is 1. The Balaban J connectivity index is 1.62. The number of aromatic nitrogens is 1. The van der Waals surface area contributed by atoms with Crippen LogP contribution in [0.2, 0.25) is 0 Å². The molecule has 2 aromatic carbocycles. The van der Waals surface area contributed by atoms with E-state index in [0.717, 1.165) is 16.6 Å². The molecule has 2 unspecified atom stereocenters. The largest absolute Gasteiger partial charge is 0.319 e. The Hall–Kier alpha value is -2.29. The zero-order valence-corrected chi connectivity index (χ0v) is 20.8. The van der Waals surface area contributed by atoms with E-state index in [4.69, 9.17) is 0 Å². The summed E-state index contributed by atoms with van der Waals surface area (Å²) in [6.07, 6.45) is 1.04. The Morgan fingerprint density at radius 1 is 1.03 bits per heavy atom. The molecule has 0 radical (unpaired) electrons. The quantitative estimate of drug-likeness (QED) is 0.573. The van der Waals surface area contributed by atoms with Crippen LogP contribution < -0.4 is 4.80 Å². The first-order chi connectivity index (χ1) is 15.1. The number of rotatable bonds is 3. The van der Waals surface area contributed by atoms with E-state index in [0.29, 0.717) is 35.3 Å². The number of piperidine rings is 1. The van der Waals surface area contributed by atoms with Crippen molar-refractivity contribution in [3.63, 3.8) is 0 Å². The third-order valence-electron chi connectivity index (χ3n) is 6.26. The number of hydrogen-bond donors (Lipinski definition) is 0. The highest BCUT2D eigenvalue weighted by molar-refractivity contribution is 7.89. The van der Waals surface area contributed by atoms with Crippen LogP contribution in [0.15, 0.2) is 46.3 Å². The lowest BCUT2D eigenvalue weighted by atomic mass is 9.94. The van der Waals surface area contributed by atoms with Crippen LogP contribution in [0.4, 0.5) is 0 Å². The highest BCUT2D eigenvalue weighted by Crippen LogP contribution is 2.27. The van der Waals surface area contributed by atoms with E-state index < -0.39 is 10.0 Å². The average Bonchev–Trinajstić information content (AvgIpc) is 3.06. The van der Waals surface area contributed by atoms with Gasteiger partial charge < -0.3 is 4.57 Å². The van der Waals surface area contributed by atoms with Crippen LogP contribution in [0, 0.1) is 25.7 Å². The molecule has 2 heterocycles. The number of carbonyl (C=O) groups is 1. The Kier molecular flexibility index (Phi) is 6.13. The van der Waals surface area contributed by atoms with E-state index in [1.54, 1.807) is 16.4 Å². The van der Waals surface area contributed by atoms with E-state index in [1.807, 2.05) is 17.7 Å². The normalized spacial score (nSPS) is 20.7. The van der Waals surface area contributed by atoms with Crippen molar-refractivity contribution < 1.29 is 13.2 Å². The predicted octanol–water partition coefficient (Wildman–Crippen LogP) is 4.26. The standard InChI is InChI=1S/C24H29N3O3S2/c1-15-12-16(2)14-27(13-15)32(29,30)20-9-7-19(8-10-20)23(28)25-24-26(5)22-18(4)17(3)6-11-21(22)31-24/h6-11,15-16H,12-14H2,1-5H3. The molecule has 2 atom stereocenters. The second kappa shape index (κ2) is 8.57. The second-order valence-electron chi connectivity index (χ2n) is 9.01. The SMILES string of the molecule is Cc1ccc2sc(=NC(=O)c3ccc(S(=O)(=O)N4CC(C)CC(C)C4)cc3)n(C)c2c1C. The Morgan fingerprint density at radius 3 is 2.28 bits per heavy atom. The van der Waals surface area contributed by atoms with Crippen molar-refractivity contribution in [1.82, 2.24) is 8.87 Å². The van der Waals surface area contributed by atoms with Gasteiger partial charge in [0.15, 0.2) is 4.80 Å². The molecule has 1 aliphatic rings. The van der Waals surface area contributed by atoms with E-state index >= 15 is 0 Å². The van der Waals surface area contributed by atoms with Crippen LogP contribution in [0.3, 0.4) is 0 Å². The Labute approximate surface area is 193 Å². The molecule has 4 rings (SSSR count). The summed E-state index contributed by atoms with van der Waals surface area (Å²) < 4.78 is 30.7. The molecule has 3 aromatic rings. The average molecular weight is 472 g/mol. The van der Waals surface area contributed by atoms with Gasteiger partial charge in [-0.3, -0.25) is 4.79 Å². The van der Waals surface area contributed by atoms with Gasteiger partial charge in [-0.25, -0.2) is 8.42 Å². The van der Waals surface area contributed by atoms with Crippen molar-refractivity contribution in [2.24, 2.45) is 23.9 Å². The molecule has 1 amide bonds. The minimum Gasteiger partial charge on any atom is -0.319 e. The second-order valence-corrected chi connectivity index (χ2v) is 12.0. The van der Waals surface area contributed by atoms with Gasteiger partial charge in [-0.1, -0.05) is 31.3 Å². The molecule has 0 spiro atoms. The lowest BCUT2D eigenvalue weighted by molar-refractivity contribution is 0.0998. The van der Waals surface area contributed by atoms with Gasteiger partial charge in [0.2, 0.25) is 10.0 Å². The monoisotopic (exact) mass is 471 g/mol. The summed E-state index contributed by atoms with van der Waals surface area (Å²) in [6, 6.07) is 10.3. The Bertz CT molecular complexity index is 1340. The van der Waals surface area contributed by atoms with Crippen molar-refractivity contribution >= 4 is 37.5 Å². The molecule has 6 nitrogen and oxygen atoms in total. The summed E-state index contributed by atoms with van der Waals surface area (Å²) in [7, 11) is -1.66. The van der Waals surface area contributed by atoms with Crippen LogP contribution in [0.25, 0.3) is 10.2 Å². The molecular formula is C24H29N3O3S2. The number of aryl methyl sites for hydroxylation is 3. The first-order valence-electron chi connectivity index (χ1n) is 10.8. The summed E-state index contributed by atoms with van der Waals surface area (Å²) in [6.45, 7) is 9.36. The van der Waals surface area contributed by atoms with E-state index in [-0.39, 0.29) is 10.8 Å². The molecule has 170 valence electrons. The molecule has 1 saturated heterocycles. The van der Waals surface area contributed by atoms with E-state index in [9.17, 15) is 13.2 Å². The van der Waals surface area contributed by atoms with Crippen LogP contribution in [-0.4, -0.2) is 36.3 Å². The first-order valence-corrected chi connectivity index (χ1v) is 13.1. The van der Waals surface area contributed by atoms with Crippen molar-refractivity contribution in [2.75, 3.05) is 13.1 Å². The van der Waals surface area contributed by atoms with Gasteiger partial charge >= 0.3 is 0 Å². The lowest BCUT2D eigenvalue weighted by Gasteiger charge is -2.34. The summed E-state index contributed by atoms with van der Waals surface area (Å²) >= 11 is 1.47. The minimum atomic E-state index is -3.57. The minimum absolute atomic E-state index is 0.217. The van der Waals surface area contributed by atoms with Gasteiger partial charge in [-0.2, -0.15) is 9.30 Å². The fourth-order valence-corrected chi connectivity index (χ4v) is 7.26. The summed E-state index contributed by atoms with van der Waals surface area (Å²) in [5.41, 5.74) is 3.81. The molecule has 1 fully saturated rings. The fourth-order valence-electron chi connectivity index (χ4n) is 4.51. The van der Waals surface area contributed by atoms with Crippen LogP contribution >= 0.6 is 11.3 Å². The molecule has 8 heteroatoms. The fraction of sp³-hybridized carbons (Fsp3) is 0.417. The molecule has 0 saturated carbocycles. The highest BCUT2D eigenvalue weighted by Gasteiger charge is 2.31. The van der Waals surface area contributed by atoms with Gasteiger partial charge in [-0.15, -0.1) is 0 Å². The summed E-state index contributed by atoms with van der Waals surface area (Å²) in [4.78, 5) is 18.0. The van der Waals surface area contributed by atoms with Crippen molar-refractivity contribution in [1.29, 1.82) is 0 Å². The predicted molar refractivity (Wildman–Crippen MR) is 128 cm³/mol. The van der Waals surface area contributed by atoms with E-state index in [1.165, 1.54) is 34.6 Å². The molecule has 0 aliphatic carbocycles. The number of fused-ring (bicyclic) bond motifs is 1. The zero-order chi connectivity index (χ0) is 23.2. The first kappa shape index (κ1) is 22.9. The number of sulfonamides is 1. The van der Waals surface area contributed by atoms with Crippen LogP contribution in [0.5, 0.6) is 0 Å². The molecule has 0 N–H and O–H groups in total. The number of nitrogens with zero attached hydrogens (tertiary/aromatic N) is 3. The van der Waals surface area contributed by atoms with Crippen molar-refractivity contribution in [3.05, 3.63) is 57.9 Å². The van der Waals surface area contributed by atoms with Gasteiger partial charge in [0.1, 0.15) is 0 Å². The molecule has 32 heavy (non-hydrogen) atoms. The summed E-state index contributed by atoms with van der Waals surface area (Å²) in [5, 5.41) is 0. The van der Waals surface area contributed by atoms with Gasteiger partial charge in [0.05, 0.1) is 15.1 Å².